The van der Waals surface area contributed by atoms with Gasteiger partial charge in [-0.15, -0.1) is 9.42 Å². The Hall–Kier alpha value is -2.85. The van der Waals surface area contributed by atoms with Gasteiger partial charge in [0, 0.05) is 10.1 Å². The molecule has 0 heterocycles. The molecular formula is C26H30O5P+. The standard InChI is InChI=1S/C14H19O5P.C12H10/c1-9-6-7-12(11(8-9)14(3,4)5)18-13(15)10(2)19-20(16)17;1-3-7-11(8-4-1)12-9-5-2-6-10-12/h6-8,10H,1-5H3;1-10H/p+1. The Morgan fingerprint density at radius 1 is 0.906 bits per heavy atom. The lowest BCUT2D eigenvalue weighted by molar-refractivity contribution is -0.141. The molecule has 0 aromatic heterocycles. The van der Waals surface area contributed by atoms with Crippen LogP contribution >= 0.6 is 8.25 Å². The van der Waals surface area contributed by atoms with Crippen molar-refractivity contribution < 1.29 is 23.5 Å². The van der Waals surface area contributed by atoms with Crippen LogP contribution in [0.25, 0.3) is 11.1 Å². The van der Waals surface area contributed by atoms with Crippen molar-refractivity contribution in [1.82, 2.24) is 0 Å². The molecule has 3 rings (SSSR count). The highest BCUT2D eigenvalue weighted by molar-refractivity contribution is 7.32. The van der Waals surface area contributed by atoms with E-state index in [9.17, 15) is 9.36 Å². The molecule has 0 aliphatic heterocycles. The second-order valence-corrected chi connectivity index (χ2v) is 9.07. The molecule has 0 saturated carbocycles. The molecule has 32 heavy (non-hydrogen) atoms. The number of ether oxygens (including phenoxy) is 1. The summed E-state index contributed by atoms with van der Waals surface area (Å²) in [6, 6.07) is 26.3. The van der Waals surface area contributed by atoms with Crippen LogP contribution in [0.2, 0.25) is 0 Å². The summed E-state index contributed by atoms with van der Waals surface area (Å²) < 4.78 is 20.4. The number of aryl methyl sites for hydroxylation is 1. The maximum absolute atomic E-state index is 11.8. The van der Waals surface area contributed by atoms with Crippen molar-refractivity contribution in [3.8, 4) is 16.9 Å². The summed E-state index contributed by atoms with van der Waals surface area (Å²) in [6.07, 6.45) is -1.10. The largest absolute Gasteiger partial charge is 0.695 e. The number of hydrogen-bond donors (Lipinski definition) is 1. The molecule has 168 valence electrons. The van der Waals surface area contributed by atoms with Crippen LogP contribution in [0.15, 0.2) is 78.9 Å². The second kappa shape index (κ2) is 11.7. The smallest absolute Gasteiger partial charge is 0.424 e. The van der Waals surface area contributed by atoms with Crippen molar-refractivity contribution in [3.05, 3.63) is 90.0 Å². The van der Waals surface area contributed by atoms with E-state index in [0.29, 0.717) is 5.75 Å². The minimum Gasteiger partial charge on any atom is -0.424 e. The molecule has 3 aromatic carbocycles. The van der Waals surface area contributed by atoms with Crippen molar-refractivity contribution in [2.24, 2.45) is 0 Å². The average Bonchev–Trinajstić information content (AvgIpc) is 2.75. The fourth-order valence-corrected chi connectivity index (χ4v) is 3.31. The van der Waals surface area contributed by atoms with Gasteiger partial charge in [-0.05, 0) is 36.5 Å². The lowest BCUT2D eigenvalue weighted by Crippen LogP contribution is -2.25. The molecule has 0 amide bonds. The van der Waals surface area contributed by atoms with Crippen LogP contribution in [0.5, 0.6) is 5.75 Å². The van der Waals surface area contributed by atoms with Gasteiger partial charge >= 0.3 is 14.2 Å². The first-order chi connectivity index (χ1) is 15.1. The van der Waals surface area contributed by atoms with E-state index in [-0.39, 0.29) is 5.41 Å². The number of benzene rings is 3. The zero-order valence-corrected chi connectivity index (χ0v) is 20.0. The fraction of sp³-hybridized carbons (Fsp3) is 0.269. The molecule has 2 atom stereocenters. The third-order valence-electron chi connectivity index (χ3n) is 4.61. The van der Waals surface area contributed by atoms with Crippen molar-refractivity contribution in [2.75, 3.05) is 0 Å². The summed E-state index contributed by atoms with van der Waals surface area (Å²) in [5, 5.41) is 0. The molecule has 2 unspecified atom stereocenters. The van der Waals surface area contributed by atoms with Crippen LogP contribution in [0.3, 0.4) is 0 Å². The molecule has 0 fully saturated rings. The van der Waals surface area contributed by atoms with Crippen LogP contribution in [-0.2, 0) is 19.3 Å². The summed E-state index contributed by atoms with van der Waals surface area (Å²) in [5.41, 5.74) is 4.33. The number of carbonyl (C=O) groups excluding carboxylic acids is 1. The molecule has 3 aromatic rings. The number of hydrogen-bond acceptors (Lipinski definition) is 4. The van der Waals surface area contributed by atoms with Gasteiger partial charge in [0.2, 0.25) is 6.10 Å². The quantitative estimate of drug-likeness (QED) is 0.267. The Bertz CT molecular complexity index is 990. The first kappa shape index (κ1) is 25.4. The van der Waals surface area contributed by atoms with Crippen LogP contribution in [0.1, 0.15) is 38.8 Å². The fourth-order valence-electron chi connectivity index (χ4n) is 2.95. The number of esters is 1. The van der Waals surface area contributed by atoms with E-state index < -0.39 is 20.3 Å². The Balaban J connectivity index is 0.000000255. The molecule has 0 aliphatic rings. The molecular weight excluding hydrogens is 423 g/mol. The second-order valence-electron chi connectivity index (χ2n) is 8.39. The third kappa shape index (κ3) is 8.01. The molecule has 0 spiro atoms. The van der Waals surface area contributed by atoms with Crippen LogP contribution in [0.4, 0.5) is 0 Å². The van der Waals surface area contributed by atoms with E-state index >= 15 is 0 Å². The maximum atomic E-state index is 11.8. The Labute approximate surface area is 191 Å². The van der Waals surface area contributed by atoms with Gasteiger partial charge in [-0.2, -0.15) is 0 Å². The van der Waals surface area contributed by atoms with Crippen molar-refractivity contribution in [1.29, 1.82) is 0 Å². The first-order valence-corrected chi connectivity index (χ1v) is 11.5. The molecule has 1 N–H and O–H groups in total. The van der Waals surface area contributed by atoms with E-state index in [1.165, 1.54) is 18.1 Å². The summed E-state index contributed by atoms with van der Waals surface area (Å²) in [7, 11) is -2.83. The Kier molecular flexibility index (Phi) is 9.27. The molecule has 0 saturated heterocycles. The topological polar surface area (TPSA) is 72.8 Å². The van der Waals surface area contributed by atoms with E-state index in [0.717, 1.165) is 11.1 Å². The summed E-state index contributed by atoms with van der Waals surface area (Å²) in [5.74, 6) is -0.256. The zero-order valence-electron chi connectivity index (χ0n) is 19.1. The lowest BCUT2D eigenvalue weighted by Gasteiger charge is -2.23. The van der Waals surface area contributed by atoms with Gasteiger partial charge < -0.3 is 4.74 Å². The summed E-state index contributed by atoms with van der Waals surface area (Å²) >= 11 is 0. The SMILES string of the molecule is Cc1ccc(OC(=O)C(C)O[P+](=O)O)c(C(C)(C)C)c1.c1ccc(-c2ccccc2)cc1. The highest BCUT2D eigenvalue weighted by Gasteiger charge is 2.29. The average molecular weight is 453 g/mol. The summed E-state index contributed by atoms with van der Waals surface area (Å²) in [4.78, 5) is 20.5. The van der Waals surface area contributed by atoms with E-state index in [4.69, 9.17) is 9.63 Å². The molecule has 6 heteroatoms. The van der Waals surface area contributed by atoms with Gasteiger partial charge in [0.15, 0.2) is 0 Å². The van der Waals surface area contributed by atoms with Gasteiger partial charge in [0.1, 0.15) is 5.75 Å². The Morgan fingerprint density at radius 2 is 1.41 bits per heavy atom. The molecule has 5 nitrogen and oxygen atoms in total. The van der Waals surface area contributed by atoms with Crippen molar-refractivity contribution in [2.45, 2.75) is 46.1 Å². The van der Waals surface area contributed by atoms with Crippen molar-refractivity contribution in [3.63, 3.8) is 0 Å². The van der Waals surface area contributed by atoms with Crippen LogP contribution in [0, 0.1) is 6.92 Å². The van der Waals surface area contributed by atoms with Crippen LogP contribution < -0.4 is 4.74 Å². The summed E-state index contributed by atoms with van der Waals surface area (Å²) in [6.45, 7) is 9.39. The Morgan fingerprint density at radius 3 is 1.84 bits per heavy atom. The van der Waals surface area contributed by atoms with Gasteiger partial charge in [-0.1, -0.05) is 99.1 Å². The first-order valence-electron chi connectivity index (χ1n) is 10.3. The number of rotatable bonds is 5. The third-order valence-corrected chi connectivity index (χ3v) is 5.11. The van der Waals surface area contributed by atoms with Crippen LogP contribution in [-0.4, -0.2) is 17.0 Å². The lowest BCUT2D eigenvalue weighted by atomic mass is 9.85. The number of carbonyl (C=O) groups is 1. The normalized spacial score (nSPS) is 12.2. The van der Waals surface area contributed by atoms with Gasteiger partial charge in [0.05, 0.1) is 0 Å². The molecule has 0 bridgehead atoms. The monoisotopic (exact) mass is 453 g/mol. The van der Waals surface area contributed by atoms with E-state index in [1.54, 1.807) is 6.07 Å². The van der Waals surface area contributed by atoms with Gasteiger partial charge in [-0.25, -0.2) is 4.79 Å². The highest BCUT2D eigenvalue weighted by atomic mass is 31.1. The van der Waals surface area contributed by atoms with Gasteiger partial charge in [0.25, 0.3) is 0 Å². The van der Waals surface area contributed by atoms with Crippen molar-refractivity contribution >= 4 is 14.2 Å². The maximum Gasteiger partial charge on any atom is 0.695 e. The van der Waals surface area contributed by atoms with Gasteiger partial charge in [-0.3, -0.25) is 0 Å². The van der Waals surface area contributed by atoms with E-state index in [2.05, 4.69) is 53.1 Å². The zero-order chi connectivity index (χ0) is 23.7. The van der Waals surface area contributed by atoms with E-state index in [1.807, 2.05) is 52.0 Å². The minimum absolute atomic E-state index is 0.187. The highest BCUT2D eigenvalue weighted by Crippen LogP contribution is 2.32. The predicted octanol–water partition coefficient (Wildman–Crippen LogP) is 6.61. The molecule has 0 radical (unpaired) electrons. The molecule has 0 aliphatic carbocycles. The predicted molar refractivity (Wildman–Crippen MR) is 128 cm³/mol. The minimum atomic E-state index is -2.83.